The zero-order valence-corrected chi connectivity index (χ0v) is 17.0. The standard InChI is InChI=1S/C19H18ClN3O2S2/c1-2-23(11-15-8-9-16(20)27-15)17(24)10-14-12-26-19(21-14)22-18(25)13-6-4-3-5-7-13/h3-9,12H,2,10-11H2,1H3,(H,21,22,25). The summed E-state index contributed by atoms with van der Waals surface area (Å²) < 4.78 is 0.715. The molecule has 0 fully saturated rings. The summed E-state index contributed by atoms with van der Waals surface area (Å²) in [7, 11) is 0. The molecule has 1 aromatic carbocycles. The van der Waals surface area contributed by atoms with E-state index < -0.39 is 0 Å². The lowest BCUT2D eigenvalue weighted by atomic mass is 10.2. The first-order chi connectivity index (χ1) is 13.0. The Balaban J connectivity index is 1.59. The topological polar surface area (TPSA) is 62.3 Å². The molecule has 2 heterocycles. The molecule has 8 heteroatoms. The summed E-state index contributed by atoms with van der Waals surface area (Å²) in [6, 6.07) is 12.7. The van der Waals surface area contributed by atoms with Crippen molar-refractivity contribution >= 4 is 51.2 Å². The van der Waals surface area contributed by atoms with Crippen LogP contribution in [0.3, 0.4) is 0 Å². The number of amides is 2. The zero-order chi connectivity index (χ0) is 19.2. The van der Waals surface area contributed by atoms with Gasteiger partial charge in [0.15, 0.2) is 5.13 Å². The van der Waals surface area contributed by atoms with E-state index in [-0.39, 0.29) is 18.2 Å². The molecule has 0 aliphatic heterocycles. The number of carbonyl (C=O) groups excluding carboxylic acids is 2. The van der Waals surface area contributed by atoms with E-state index >= 15 is 0 Å². The molecular formula is C19H18ClN3O2S2. The van der Waals surface area contributed by atoms with Gasteiger partial charge < -0.3 is 4.90 Å². The third-order valence-electron chi connectivity index (χ3n) is 3.85. The van der Waals surface area contributed by atoms with E-state index in [0.29, 0.717) is 33.8 Å². The van der Waals surface area contributed by atoms with Gasteiger partial charge in [-0.15, -0.1) is 22.7 Å². The Labute approximate surface area is 170 Å². The fourth-order valence-corrected chi connectivity index (χ4v) is 4.28. The van der Waals surface area contributed by atoms with Crippen molar-refractivity contribution in [3.8, 4) is 0 Å². The van der Waals surface area contributed by atoms with Gasteiger partial charge in [-0.2, -0.15) is 0 Å². The first-order valence-electron chi connectivity index (χ1n) is 8.38. The van der Waals surface area contributed by atoms with Gasteiger partial charge in [0.05, 0.1) is 23.0 Å². The SMILES string of the molecule is CCN(Cc1ccc(Cl)s1)C(=O)Cc1csc(NC(=O)c2ccccc2)n1. The number of aromatic nitrogens is 1. The predicted molar refractivity (Wildman–Crippen MR) is 111 cm³/mol. The number of benzene rings is 1. The fourth-order valence-electron chi connectivity index (χ4n) is 2.47. The number of anilines is 1. The van der Waals surface area contributed by atoms with E-state index in [9.17, 15) is 9.59 Å². The molecule has 0 saturated carbocycles. The molecule has 140 valence electrons. The number of hydrogen-bond donors (Lipinski definition) is 1. The van der Waals surface area contributed by atoms with Crippen LogP contribution >= 0.6 is 34.3 Å². The fraction of sp³-hybridized carbons (Fsp3) is 0.211. The largest absolute Gasteiger partial charge is 0.337 e. The minimum Gasteiger partial charge on any atom is -0.337 e. The van der Waals surface area contributed by atoms with E-state index in [1.54, 1.807) is 34.5 Å². The molecule has 1 N–H and O–H groups in total. The summed E-state index contributed by atoms with van der Waals surface area (Å²) in [5.41, 5.74) is 1.22. The van der Waals surface area contributed by atoms with E-state index in [0.717, 1.165) is 4.88 Å². The lowest BCUT2D eigenvalue weighted by Crippen LogP contribution is -2.31. The van der Waals surface area contributed by atoms with Crippen molar-refractivity contribution in [2.24, 2.45) is 0 Å². The van der Waals surface area contributed by atoms with E-state index in [1.165, 1.54) is 22.7 Å². The highest BCUT2D eigenvalue weighted by molar-refractivity contribution is 7.16. The van der Waals surface area contributed by atoms with Gasteiger partial charge in [0, 0.05) is 22.4 Å². The second-order valence-electron chi connectivity index (χ2n) is 5.75. The normalized spacial score (nSPS) is 10.6. The van der Waals surface area contributed by atoms with Crippen LogP contribution in [0.15, 0.2) is 47.8 Å². The summed E-state index contributed by atoms with van der Waals surface area (Å²) in [6.07, 6.45) is 0.199. The summed E-state index contributed by atoms with van der Waals surface area (Å²) in [5.74, 6) is -0.221. The third-order valence-corrected chi connectivity index (χ3v) is 5.87. The van der Waals surface area contributed by atoms with E-state index in [4.69, 9.17) is 11.6 Å². The second kappa shape index (κ2) is 9.12. The molecular weight excluding hydrogens is 402 g/mol. The highest BCUT2D eigenvalue weighted by Crippen LogP contribution is 2.23. The average Bonchev–Trinajstić information content (AvgIpc) is 3.28. The van der Waals surface area contributed by atoms with Crippen molar-refractivity contribution in [3.63, 3.8) is 0 Å². The third kappa shape index (κ3) is 5.38. The van der Waals surface area contributed by atoms with Crippen molar-refractivity contribution in [1.82, 2.24) is 9.88 Å². The number of nitrogens with one attached hydrogen (secondary N) is 1. The Morgan fingerprint density at radius 1 is 1.19 bits per heavy atom. The van der Waals surface area contributed by atoms with Gasteiger partial charge in [-0.25, -0.2) is 4.98 Å². The monoisotopic (exact) mass is 419 g/mol. The van der Waals surface area contributed by atoms with Crippen molar-refractivity contribution in [3.05, 3.63) is 68.3 Å². The van der Waals surface area contributed by atoms with Crippen LogP contribution in [-0.4, -0.2) is 28.2 Å². The average molecular weight is 420 g/mol. The number of hydrogen-bond acceptors (Lipinski definition) is 5. The Morgan fingerprint density at radius 3 is 2.63 bits per heavy atom. The molecule has 0 aliphatic rings. The molecule has 2 aromatic heterocycles. The van der Waals surface area contributed by atoms with Crippen LogP contribution in [0.25, 0.3) is 0 Å². The molecule has 27 heavy (non-hydrogen) atoms. The van der Waals surface area contributed by atoms with Crippen LogP contribution in [0, 0.1) is 0 Å². The highest BCUT2D eigenvalue weighted by Gasteiger charge is 2.16. The molecule has 0 radical (unpaired) electrons. The summed E-state index contributed by atoms with van der Waals surface area (Å²) in [6.45, 7) is 3.09. The Kier molecular flexibility index (Phi) is 6.60. The maximum Gasteiger partial charge on any atom is 0.257 e. The van der Waals surface area contributed by atoms with Crippen LogP contribution in [0.2, 0.25) is 4.34 Å². The van der Waals surface area contributed by atoms with Crippen molar-refractivity contribution < 1.29 is 9.59 Å². The summed E-state index contributed by atoms with van der Waals surface area (Å²) >= 11 is 8.74. The minimum absolute atomic E-state index is 0.00624. The molecule has 0 saturated heterocycles. The zero-order valence-electron chi connectivity index (χ0n) is 14.6. The molecule has 0 atom stereocenters. The van der Waals surface area contributed by atoms with Crippen LogP contribution in [0.4, 0.5) is 5.13 Å². The number of likely N-dealkylation sites (N-methyl/N-ethyl adjacent to an activating group) is 1. The van der Waals surface area contributed by atoms with Gasteiger partial charge >= 0.3 is 0 Å². The quantitative estimate of drug-likeness (QED) is 0.603. The molecule has 3 aromatic rings. The smallest absolute Gasteiger partial charge is 0.257 e. The van der Waals surface area contributed by atoms with E-state index in [2.05, 4.69) is 10.3 Å². The van der Waals surface area contributed by atoms with Crippen molar-refractivity contribution in [1.29, 1.82) is 0 Å². The molecule has 0 unspecified atom stereocenters. The number of thiazole rings is 1. The van der Waals surface area contributed by atoms with Crippen LogP contribution < -0.4 is 5.32 Å². The lowest BCUT2D eigenvalue weighted by molar-refractivity contribution is -0.130. The number of halogens is 1. The highest BCUT2D eigenvalue weighted by atomic mass is 35.5. The second-order valence-corrected chi connectivity index (χ2v) is 8.41. The molecule has 3 rings (SSSR count). The Bertz CT molecular complexity index is 924. The van der Waals surface area contributed by atoms with Crippen LogP contribution in [0.1, 0.15) is 27.9 Å². The number of nitrogens with zero attached hydrogens (tertiary/aromatic N) is 2. The first-order valence-corrected chi connectivity index (χ1v) is 10.5. The number of carbonyl (C=O) groups is 2. The maximum atomic E-state index is 12.6. The Morgan fingerprint density at radius 2 is 1.96 bits per heavy atom. The van der Waals surface area contributed by atoms with Gasteiger partial charge in [-0.3, -0.25) is 14.9 Å². The predicted octanol–water partition coefficient (Wildman–Crippen LogP) is 4.70. The van der Waals surface area contributed by atoms with Gasteiger partial charge in [0.2, 0.25) is 5.91 Å². The van der Waals surface area contributed by atoms with Crippen molar-refractivity contribution in [2.75, 3.05) is 11.9 Å². The van der Waals surface area contributed by atoms with E-state index in [1.807, 2.05) is 25.1 Å². The molecule has 0 aliphatic carbocycles. The van der Waals surface area contributed by atoms with Gasteiger partial charge in [-0.1, -0.05) is 29.8 Å². The first kappa shape index (κ1) is 19.5. The van der Waals surface area contributed by atoms with Gasteiger partial charge in [0.25, 0.3) is 5.91 Å². The van der Waals surface area contributed by atoms with Gasteiger partial charge in [0.1, 0.15) is 0 Å². The lowest BCUT2D eigenvalue weighted by Gasteiger charge is -2.19. The number of thiophene rings is 1. The summed E-state index contributed by atoms with van der Waals surface area (Å²) in [5, 5.41) is 5.05. The Hall–Kier alpha value is -2.22. The maximum absolute atomic E-state index is 12.6. The van der Waals surface area contributed by atoms with Crippen molar-refractivity contribution in [2.45, 2.75) is 19.9 Å². The molecule has 0 bridgehead atoms. The van der Waals surface area contributed by atoms with Crippen LogP contribution in [-0.2, 0) is 17.8 Å². The number of rotatable bonds is 7. The minimum atomic E-state index is -0.215. The molecule has 2 amide bonds. The molecule has 0 spiro atoms. The molecule has 5 nitrogen and oxygen atoms in total. The van der Waals surface area contributed by atoms with Gasteiger partial charge in [-0.05, 0) is 31.2 Å². The summed E-state index contributed by atoms with van der Waals surface area (Å²) in [4.78, 5) is 31.9. The van der Waals surface area contributed by atoms with Crippen LogP contribution in [0.5, 0.6) is 0 Å².